The minimum absolute atomic E-state index is 0.183. The van der Waals surface area contributed by atoms with E-state index < -0.39 is 0 Å². The third-order valence-electron chi connectivity index (χ3n) is 3.82. The molecule has 0 bridgehead atoms. The fraction of sp³-hybridized carbons (Fsp3) is 0.316. The van der Waals surface area contributed by atoms with Gasteiger partial charge in [-0.3, -0.25) is 0 Å². The van der Waals surface area contributed by atoms with E-state index in [1.54, 1.807) is 0 Å². The average Bonchev–Trinajstić information content (AvgIpc) is 2.52. The van der Waals surface area contributed by atoms with E-state index in [0.29, 0.717) is 11.6 Å². The first kappa shape index (κ1) is 16.4. The molecule has 0 aliphatic carbocycles. The van der Waals surface area contributed by atoms with Crippen LogP contribution in [0, 0.1) is 25.2 Å². The lowest BCUT2D eigenvalue weighted by Crippen LogP contribution is -2.03. The Morgan fingerprint density at radius 3 is 2.59 bits per heavy atom. The summed E-state index contributed by atoms with van der Waals surface area (Å²) in [4.78, 5) is 0. The summed E-state index contributed by atoms with van der Waals surface area (Å²) in [6.07, 6.45) is 1.56. The minimum Gasteiger partial charge on any atom is -0.494 e. The molecule has 0 spiro atoms. The summed E-state index contributed by atoms with van der Waals surface area (Å²) in [7, 11) is 0. The maximum Gasteiger partial charge on any atom is 0.119 e. The van der Waals surface area contributed by atoms with Crippen LogP contribution in [0.3, 0.4) is 0 Å². The molecule has 2 aromatic rings. The third-order valence-corrected chi connectivity index (χ3v) is 4.16. The van der Waals surface area contributed by atoms with Crippen molar-refractivity contribution < 1.29 is 4.74 Å². The maximum absolute atomic E-state index is 9.34. The van der Waals surface area contributed by atoms with Crippen LogP contribution < -0.4 is 4.74 Å². The lowest BCUT2D eigenvalue weighted by atomic mass is 9.96. The molecule has 1 unspecified atom stereocenters. The smallest absolute Gasteiger partial charge is 0.119 e. The molecule has 0 aliphatic heterocycles. The van der Waals surface area contributed by atoms with Crippen LogP contribution in [0.4, 0.5) is 0 Å². The van der Waals surface area contributed by atoms with Gasteiger partial charge in [0.1, 0.15) is 5.75 Å². The summed E-state index contributed by atoms with van der Waals surface area (Å²) in [6.45, 7) is 4.76. The van der Waals surface area contributed by atoms with Crippen molar-refractivity contribution in [2.45, 2.75) is 32.6 Å². The van der Waals surface area contributed by atoms with Crippen LogP contribution in [-0.4, -0.2) is 6.61 Å². The van der Waals surface area contributed by atoms with Gasteiger partial charge in [0.2, 0.25) is 0 Å². The van der Waals surface area contributed by atoms with Crippen molar-refractivity contribution in [2.24, 2.45) is 0 Å². The Kier molecular flexibility index (Phi) is 5.86. The first-order valence-electron chi connectivity index (χ1n) is 7.46. The van der Waals surface area contributed by atoms with Gasteiger partial charge in [0.15, 0.2) is 0 Å². The quantitative estimate of drug-likeness (QED) is 0.667. The van der Waals surface area contributed by atoms with Gasteiger partial charge in [-0.05, 0) is 61.6 Å². The van der Waals surface area contributed by atoms with E-state index in [0.717, 1.165) is 24.2 Å². The normalized spacial score (nSPS) is 11.7. The molecule has 0 N–H and O–H groups in total. The van der Waals surface area contributed by atoms with Gasteiger partial charge in [-0.25, -0.2) is 0 Å². The molecule has 0 heterocycles. The molecule has 2 rings (SSSR count). The van der Waals surface area contributed by atoms with Crippen LogP contribution in [0.25, 0.3) is 0 Å². The molecule has 3 heteroatoms. The van der Waals surface area contributed by atoms with Gasteiger partial charge in [-0.2, -0.15) is 5.26 Å². The zero-order chi connectivity index (χ0) is 15.9. The van der Waals surface area contributed by atoms with E-state index in [-0.39, 0.29) is 5.92 Å². The van der Waals surface area contributed by atoms with Crippen LogP contribution in [0.2, 0.25) is 5.02 Å². The Balaban J connectivity index is 1.86. The molecule has 0 saturated heterocycles. The standard InChI is InChI=1S/C19H20ClNO/c1-14-9-10-17(12-15(14)2)22-11-5-6-16(13-21)18-7-3-4-8-19(18)20/h3-4,7-10,12,16H,5-6,11H2,1-2H3. The first-order chi connectivity index (χ1) is 10.6. The molecule has 0 radical (unpaired) electrons. The number of rotatable bonds is 6. The predicted octanol–water partition coefficient (Wildman–Crippen LogP) is 5.42. The number of nitrogens with zero attached hydrogens (tertiary/aromatic N) is 1. The molecule has 2 nitrogen and oxygen atoms in total. The minimum atomic E-state index is -0.183. The van der Waals surface area contributed by atoms with Crippen molar-refractivity contribution in [1.82, 2.24) is 0 Å². The number of hydrogen-bond donors (Lipinski definition) is 0. The second-order valence-electron chi connectivity index (χ2n) is 5.44. The largest absolute Gasteiger partial charge is 0.494 e. The molecule has 0 saturated carbocycles. The van der Waals surface area contributed by atoms with Crippen LogP contribution in [0.15, 0.2) is 42.5 Å². The van der Waals surface area contributed by atoms with Gasteiger partial charge in [0.25, 0.3) is 0 Å². The second-order valence-corrected chi connectivity index (χ2v) is 5.85. The molecular formula is C19H20ClNO. The fourth-order valence-electron chi connectivity index (χ4n) is 2.33. The Morgan fingerprint density at radius 2 is 1.91 bits per heavy atom. The fourth-order valence-corrected chi connectivity index (χ4v) is 2.60. The van der Waals surface area contributed by atoms with E-state index in [9.17, 15) is 5.26 Å². The van der Waals surface area contributed by atoms with Crippen molar-refractivity contribution in [3.63, 3.8) is 0 Å². The van der Waals surface area contributed by atoms with Crippen LogP contribution in [-0.2, 0) is 0 Å². The number of hydrogen-bond acceptors (Lipinski definition) is 2. The Bertz CT molecular complexity index is 675. The molecule has 22 heavy (non-hydrogen) atoms. The number of aryl methyl sites for hydroxylation is 2. The Morgan fingerprint density at radius 1 is 1.14 bits per heavy atom. The van der Waals surface area contributed by atoms with Crippen molar-refractivity contribution in [3.05, 3.63) is 64.2 Å². The van der Waals surface area contributed by atoms with Crippen molar-refractivity contribution >= 4 is 11.6 Å². The summed E-state index contributed by atoms with van der Waals surface area (Å²) in [6, 6.07) is 16.0. The maximum atomic E-state index is 9.34. The predicted molar refractivity (Wildman–Crippen MR) is 90.5 cm³/mol. The molecule has 114 valence electrons. The molecule has 0 fully saturated rings. The van der Waals surface area contributed by atoms with Gasteiger partial charge in [0.05, 0.1) is 18.6 Å². The Hall–Kier alpha value is -1.98. The molecular weight excluding hydrogens is 294 g/mol. The summed E-state index contributed by atoms with van der Waals surface area (Å²) in [5.41, 5.74) is 3.39. The van der Waals surface area contributed by atoms with E-state index in [1.165, 1.54) is 11.1 Å². The molecule has 0 amide bonds. The highest BCUT2D eigenvalue weighted by Gasteiger charge is 2.13. The molecule has 0 aromatic heterocycles. The zero-order valence-corrected chi connectivity index (χ0v) is 13.7. The van der Waals surface area contributed by atoms with E-state index in [1.807, 2.05) is 36.4 Å². The van der Waals surface area contributed by atoms with Crippen molar-refractivity contribution in [1.29, 1.82) is 5.26 Å². The van der Waals surface area contributed by atoms with Crippen LogP contribution in [0.5, 0.6) is 5.75 Å². The first-order valence-corrected chi connectivity index (χ1v) is 7.83. The summed E-state index contributed by atoms with van der Waals surface area (Å²) >= 11 is 6.16. The van der Waals surface area contributed by atoms with Gasteiger partial charge in [0, 0.05) is 5.02 Å². The van der Waals surface area contributed by atoms with Crippen molar-refractivity contribution in [3.8, 4) is 11.8 Å². The number of ether oxygens (including phenoxy) is 1. The van der Waals surface area contributed by atoms with Crippen LogP contribution >= 0.6 is 11.6 Å². The van der Waals surface area contributed by atoms with Crippen LogP contribution in [0.1, 0.15) is 35.4 Å². The van der Waals surface area contributed by atoms with Crippen molar-refractivity contribution in [2.75, 3.05) is 6.61 Å². The van der Waals surface area contributed by atoms with Gasteiger partial charge in [-0.15, -0.1) is 0 Å². The van der Waals surface area contributed by atoms with Gasteiger partial charge >= 0.3 is 0 Å². The highest BCUT2D eigenvalue weighted by Crippen LogP contribution is 2.27. The second kappa shape index (κ2) is 7.87. The van der Waals surface area contributed by atoms with Gasteiger partial charge < -0.3 is 4.74 Å². The topological polar surface area (TPSA) is 33.0 Å². The lowest BCUT2D eigenvalue weighted by molar-refractivity contribution is 0.304. The molecule has 0 aliphatic rings. The van der Waals surface area contributed by atoms with E-state index >= 15 is 0 Å². The monoisotopic (exact) mass is 313 g/mol. The summed E-state index contributed by atoms with van der Waals surface area (Å²) < 4.78 is 5.76. The number of halogens is 1. The van der Waals surface area contributed by atoms with E-state index in [2.05, 4.69) is 26.0 Å². The Labute approximate surface area is 137 Å². The molecule has 2 aromatic carbocycles. The SMILES string of the molecule is Cc1ccc(OCCCC(C#N)c2ccccc2Cl)cc1C. The average molecular weight is 314 g/mol. The van der Waals surface area contributed by atoms with E-state index in [4.69, 9.17) is 16.3 Å². The summed E-state index contributed by atoms with van der Waals surface area (Å²) in [5, 5.41) is 9.99. The highest BCUT2D eigenvalue weighted by molar-refractivity contribution is 6.31. The zero-order valence-electron chi connectivity index (χ0n) is 13.0. The summed E-state index contributed by atoms with van der Waals surface area (Å²) in [5.74, 6) is 0.700. The highest BCUT2D eigenvalue weighted by atomic mass is 35.5. The van der Waals surface area contributed by atoms with Gasteiger partial charge in [-0.1, -0.05) is 35.9 Å². The lowest BCUT2D eigenvalue weighted by Gasteiger charge is -2.12. The number of nitriles is 1. The molecule has 1 atom stereocenters. The third kappa shape index (κ3) is 4.26. The number of benzene rings is 2.